The molecule has 0 heterocycles. The normalized spacial score (nSPS) is 51.2. The predicted octanol–water partition coefficient (Wildman–Crippen LogP) is 5.53. The number of halogens is 2. The lowest BCUT2D eigenvalue weighted by Gasteiger charge is -2.33. The topological polar surface area (TPSA) is 0 Å². The van der Waals surface area contributed by atoms with E-state index in [1.165, 1.54) is 32.1 Å². The fraction of sp³-hybridized carbons (Fsp3) is 1.00. The Bertz CT molecular complexity index is 242. The summed E-state index contributed by atoms with van der Waals surface area (Å²) in [5.74, 6) is 4.28. The van der Waals surface area contributed by atoms with E-state index in [9.17, 15) is 0 Å². The highest BCUT2D eigenvalue weighted by molar-refractivity contribution is 9.10. The fourth-order valence-electron chi connectivity index (χ4n) is 4.77. The summed E-state index contributed by atoms with van der Waals surface area (Å²) in [6.07, 6.45) is 13.5. The maximum absolute atomic E-state index is 3.86. The molecule has 2 heteroatoms. The molecule has 17 heavy (non-hydrogen) atoms. The SMILES string of the molecule is BrC1CC(Br)CC(C2CC3CCCCC3C2)C1. The van der Waals surface area contributed by atoms with Crippen molar-refractivity contribution in [3.8, 4) is 0 Å². The van der Waals surface area contributed by atoms with Crippen LogP contribution in [0.25, 0.3) is 0 Å². The molecule has 0 saturated heterocycles. The molecular formula is C15H24Br2. The molecule has 98 valence electrons. The first kappa shape index (κ1) is 13.0. The van der Waals surface area contributed by atoms with Crippen molar-refractivity contribution < 1.29 is 0 Å². The van der Waals surface area contributed by atoms with Gasteiger partial charge in [0.2, 0.25) is 0 Å². The lowest BCUT2D eigenvalue weighted by molar-refractivity contribution is 0.257. The molecule has 0 radical (unpaired) electrons. The van der Waals surface area contributed by atoms with E-state index in [4.69, 9.17) is 0 Å². The molecule has 0 aromatic carbocycles. The molecule has 4 atom stereocenters. The van der Waals surface area contributed by atoms with Crippen LogP contribution in [0.2, 0.25) is 0 Å². The Hall–Kier alpha value is 0.960. The van der Waals surface area contributed by atoms with E-state index in [0.717, 1.165) is 33.3 Å². The molecule has 4 unspecified atom stereocenters. The Morgan fingerprint density at radius 2 is 1.00 bits per heavy atom. The van der Waals surface area contributed by atoms with Gasteiger partial charge in [-0.3, -0.25) is 0 Å². The maximum atomic E-state index is 3.86. The van der Waals surface area contributed by atoms with Gasteiger partial charge in [-0.05, 0) is 55.8 Å². The zero-order valence-electron chi connectivity index (χ0n) is 10.6. The van der Waals surface area contributed by atoms with Crippen molar-refractivity contribution in [3.63, 3.8) is 0 Å². The van der Waals surface area contributed by atoms with Gasteiger partial charge in [0.1, 0.15) is 0 Å². The van der Waals surface area contributed by atoms with Gasteiger partial charge in [-0.15, -0.1) is 0 Å². The Labute approximate surface area is 123 Å². The van der Waals surface area contributed by atoms with Crippen LogP contribution in [0.3, 0.4) is 0 Å². The van der Waals surface area contributed by atoms with Crippen LogP contribution in [0.15, 0.2) is 0 Å². The van der Waals surface area contributed by atoms with Crippen molar-refractivity contribution in [1.29, 1.82) is 0 Å². The minimum Gasteiger partial charge on any atom is -0.0890 e. The molecule has 0 N–H and O–H groups in total. The summed E-state index contributed by atoms with van der Waals surface area (Å²) < 4.78 is 0. The molecule has 0 aromatic rings. The summed E-state index contributed by atoms with van der Waals surface area (Å²) in [7, 11) is 0. The molecule has 3 aliphatic rings. The van der Waals surface area contributed by atoms with Crippen LogP contribution in [0, 0.1) is 23.7 Å². The summed E-state index contributed by atoms with van der Waals surface area (Å²) in [6, 6.07) is 0. The van der Waals surface area contributed by atoms with Crippen molar-refractivity contribution in [2.24, 2.45) is 23.7 Å². The molecule has 0 aliphatic heterocycles. The quantitative estimate of drug-likeness (QED) is 0.537. The van der Waals surface area contributed by atoms with Crippen LogP contribution >= 0.6 is 31.9 Å². The minimum absolute atomic E-state index is 0.772. The van der Waals surface area contributed by atoms with E-state index < -0.39 is 0 Å². The monoisotopic (exact) mass is 362 g/mol. The third-order valence-corrected chi connectivity index (χ3v) is 7.07. The molecule has 3 rings (SSSR count). The Morgan fingerprint density at radius 1 is 0.529 bits per heavy atom. The van der Waals surface area contributed by atoms with E-state index in [2.05, 4.69) is 31.9 Å². The zero-order valence-corrected chi connectivity index (χ0v) is 13.8. The summed E-state index contributed by atoms with van der Waals surface area (Å²) in [5, 5.41) is 0. The number of hydrogen-bond acceptors (Lipinski definition) is 0. The second-order valence-corrected chi connectivity index (χ2v) is 9.29. The van der Waals surface area contributed by atoms with Crippen LogP contribution in [0.4, 0.5) is 0 Å². The maximum Gasteiger partial charge on any atom is 0.0159 e. The third kappa shape index (κ3) is 2.94. The number of fused-ring (bicyclic) bond motifs is 1. The van der Waals surface area contributed by atoms with Crippen molar-refractivity contribution in [2.45, 2.75) is 67.4 Å². The number of rotatable bonds is 1. The highest BCUT2D eigenvalue weighted by atomic mass is 79.9. The van der Waals surface area contributed by atoms with Crippen molar-refractivity contribution >= 4 is 31.9 Å². The van der Waals surface area contributed by atoms with E-state index in [1.807, 2.05) is 0 Å². The Morgan fingerprint density at radius 3 is 1.53 bits per heavy atom. The van der Waals surface area contributed by atoms with Crippen LogP contribution in [-0.4, -0.2) is 9.65 Å². The van der Waals surface area contributed by atoms with Crippen LogP contribution in [0.5, 0.6) is 0 Å². The first-order valence-electron chi connectivity index (χ1n) is 7.50. The fourth-order valence-corrected chi connectivity index (χ4v) is 7.14. The van der Waals surface area contributed by atoms with Gasteiger partial charge in [0, 0.05) is 9.65 Å². The van der Waals surface area contributed by atoms with Crippen molar-refractivity contribution in [3.05, 3.63) is 0 Å². The summed E-state index contributed by atoms with van der Waals surface area (Å²) in [6.45, 7) is 0. The van der Waals surface area contributed by atoms with Crippen molar-refractivity contribution in [2.75, 3.05) is 0 Å². The second-order valence-electron chi connectivity index (χ2n) is 6.70. The average molecular weight is 364 g/mol. The first-order chi connectivity index (χ1) is 8.22. The Kier molecular flexibility index (Phi) is 4.22. The number of alkyl halides is 2. The van der Waals surface area contributed by atoms with Gasteiger partial charge in [-0.2, -0.15) is 0 Å². The summed E-state index contributed by atoms with van der Waals surface area (Å²) in [5.41, 5.74) is 0. The van der Waals surface area contributed by atoms with Gasteiger partial charge >= 0.3 is 0 Å². The van der Waals surface area contributed by atoms with E-state index in [1.54, 1.807) is 25.7 Å². The van der Waals surface area contributed by atoms with Crippen molar-refractivity contribution in [1.82, 2.24) is 0 Å². The molecule has 0 amide bonds. The van der Waals surface area contributed by atoms with E-state index in [0.29, 0.717) is 0 Å². The highest BCUT2D eigenvalue weighted by Gasteiger charge is 2.40. The molecule has 3 fully saturated rings. The van der Waals surface area contributed by atoms with Gasteiger partial charge in [0.25, 0.3) is 0 Å². The lowest BCUT2D eigenvalue weighted by atomic mass is 9.78. The van der Waals surface area contributed by atoms with Gasteiger partial charge < -0.3 is 0 Å². The first-order valence-corrected chi connectivity index (χ1v) is 9.33. The van der Waals surface area contributed by atoms with Gasteiger partial charge in [0.15, 0.2) is 0 Å². The standard InChI is InChI=1S/C15H24Br2/c16-14-7-13(8-15(17)9-14)12-5-10-3-1-2-4-11(10)6-12/h10-15H,1-9H2. The van der Waals surface area contributed by atoms with E-state index in [-0.39, 0.29) is 0 Å². The lowest BCUT2D eigenvalue weighted by Crippen LogP contribution is -2.27. The minimum atomic E-state index is 0.772. The van der Waals surface area contributed by atoms with Gasteiger partial charge in [-0.25, -0.2) is 0 Å². The molecule has 3 aliphatic carbocycles. The summed E-state index contributed by atoms with van der Waals surface area (Å²) in [4.78, 5) is 1.54. The predicted molar refractivity (Wildman–Crippen MR) is 80.9 cm³/mol. The molecular weight excluding hydrogens is 340 g/mol. The smallest absolute Gasteiger partial charge is 0.0159 e. The third-order valence-electron chi connectivity index (χ3n) is 5.57. The second kappa shape index (κ2) is 5.53. The molecule has 0 aromatic heterocycles. The van der Waals surface area contributed by atoms with Crippen LogP contribution < -0.4 is 0 Å². The summed E-state index contributed by atoms with van der Waals surface area (Å²) >= 11 is 7.73. The molecule has 0 spiro atoms. The molecule has 3 saturated carbocycles. The molecule has 0 bridgehead atoms. The zero-order chi connectivity index (χ0) is 11.8. The number of hydrogen-bond donors (Lipinski definition) is 0. The Balaban J connectivity index is 1.61. The largest absolute Gasteiger partial charge is 0.0890 e. The average Bonchev–Trinajstić information content (AvgIpc) is 2.71. The van der Waals surface area contributed by atoms with Gasteiger partial charge in [0.05, 0.1) is 0 Å². The highest BCUT2D eigenvalue weighted by Crippen LogP contribution is 2.51. The van der Waals surface area contributed by atoms with Gasteiger partial charge in [-0.1, -0.05) is 57.5 Å². The molecule has 0 nitrogen and oxygen atoms in total. The van der Waals surface area contributed by atoms with Crippen LogP contribution in [-0.2, 0) is 0 Å². The van der Waals surface area contributed by atoms with E-state index >= 15 is 0 Å². The van der Waals surface area contributed by atoms with Crippen LogP contribution in [0.1, 0.15) is 57.8 Å².